The van der Waals surface area contributed by atoms with Crippen molar-refractivity contribution in [3.63, 3.8) is 0 Å². The van der Waals surface area contributed by atoms with E-state index in [-0.39, 0.29) is 10.9 Å². The maximum atomic E-state index is 12.5. The summed E-state index contributed by atoms with van der Waals surface area (Å²) < 4.78 is 22.9. The Bertz CT molecular complexity index is 860. The van der Waals surface area contributed by atoms with Gasteiger partial charge in [-0.3, -0.25) is 4.79 Å². The number of amides is 1. The summed E-state index contributed by atoms with van der Waals surface area (Å²) in [5.74, 6) is 0.199. The second-order valence-electron chi connectivity index (χ2n) is 6.28. The first kappa shape index (κ1) is 16.6. The Morgan fingerprint density at radius 3 is 2.67 bits per heavy atom. The van der Waals surface area contributed by atoms with E-state index in [9.17, 15) is 13.2 Å². The van der Waals surface area contributed by atoms with Gasteiger partial charge in [-0.15, -0.1) is 0 Å². The number of nitrogens with zero attached hydrogens (tertiary/aromatic N) is 2. The third kappa shape index (κ3) is 3.33. The summed E-state index contributed by atoms with van der Waals surface area (Å²) in [5, 5.41) is -0.0218. The molecule has 3 rings (SSSR count). The van der Waals surface area contributed by atoms with Gasteiger partial charge in [0, 0.05) is 32.0 Å². The van der Waals surface area contributed by atoms with Gasteiger partial charge in [0.15, 0.2) is 14.9 Å². The molecule has 0 saturated heterocycles. The van der Waals surface area contributed by atoms with Crippen molar-refractivity contribution >= 4 is 15.7 Å². The Labute approximate surface area is 142 Å². The number of carbonyl (C=O) groups is 1. The summed E-state index contributed by atoms with van der Waals surface area (Å²) in [4.78, 5) is 18.1. The molecule has 1 aromatic heterocycles. The van der Waals surface area contributed by atoms with Crippen molar-refractivity contribution in [3.8, 4) is 0 Å². The molecule has 1 aliphatic rings. The van der Waals surface area contributed by atoms with Gasteiger partial charge in [-0.2, -0.15) is 0 Å². The van der Waals surface area contributed by atoms with Gasteiger partial charge in [-0.25, -0.2) is 13.4 Å². The van der Waals surface area contributed by atoms with Crippen LogP contribution in [0.5, 0.6) is 0 Å². The first-order chi connectivity index (χ1) is 11.4. The first-order valence-electron chi connectivity index (χ1n) is 7.85. The molecule has 0 saturated carbocycles. The Balaban J connectivity index is 1.72. The topological polar surface area (TPSA) is 67.3 Å². The minimum absolute atomic E-state index is 0.0218. The normalized spacial score (nSPS) is 16.7. The van der Waals surface area contributed by atoms with Gasteiger partial charge in [0.1, 0.15) is 0 Å². The van der Waals surface area contributed by atoms with E-state index in [1.807, 2.05) is 12.1 Å². The molecule has 0 bridgehead atoms. The lowest BCUT2D eigenvalue weighted by Crippen LogP contribution is -2.30. The molecule has 1 aromatic carbocycles. The maximum absolute atomic E-state index is 12.5. The van der Waals surface area contributed by atoms with Crippen LogP contribution in [0.1, 0.15) is 33.8 Å². The van der Waals surface area contributed by atoms with E-state index in [0.29, 0.717) is 18.0 Å². The monoisotopic (exact) mass is 344 g/mol. The lowest BCUT2D eigenvalue weighted by Gasteiger charge is -2.22. The third-order valence-corrected chi connectivity index (χ3v) is 5.46. The first-order valence-corrected chi connectivity index (χ1v) is 9.75. The van der Waals surface area contributed by atoms with Crippen LogP contribution in [0, 0.1) is 0 Å². The molecule has 0 aliphatic heterocycles. The number of hydrogen-bond acceptors (Lipinski definition) is 4. The summed E-state index contributed by atoms with van der Waals surface area (Å²) in [7, 11) is -1.58. The van der Waals surface area contributed by atoms with Crippen LogP contribution in [0.3, 0.4) is 0 Å². The van der Waals surface area contributed by atoms with Crippen LogP contribution in [0.2, 0.25) is 0 Å². The highest BCUT2D eigenvalue weighted by atomic mass is 32.2. The SMILES string of the molecule is CN(CC1CCc2ccccc21)C(=O)c1ccc(S(C)(=O)=O)nc1. The second kappa shape index (κ2) is 6.36. The molecular weight excluding hydrogens is 324 g/mol. The number of pyridine rings is 1. The van der Waals surface area contributed by atoms with Crippen LogP contribution >= 0.6 is 0 Å². The van der Waals surface area contributed by atoms with E-state index in [1.54, 1.807) is 11.9 Å². The molecule has 0 spiro atoms. The van der Waals surface area contributed by atoms with Crippen molar-refractivity contribution < 1.29 is 13.2 Å². The molecule has 24 heavy (non-hydrogen) atoms. The van der Waals surface area contributed by atoms with E-state index in [1.165, 1.54) is 29.5 Å². The van der Waals surface area contributed by atoms with E-state index >= 15 is 0 Å². The summed E-state index contributed by atoms with van der Waals surface area (Å²) in [6.45, 7) is 0.643. The summed E-state index contributed by atoms with van der Waals surface area (Å²) in [6.07, 6.45) is 4.52. The van der Waals surface area contributed by atoms with Crippen molar-refractivity contribution in [1.82, 2.24) is 9.88 Å². The quantitative estimate of drug-likeness (QED) is 0.853. The molecule has 2 aromatic rings. The summed E-state index contributed by atoms with van der Waals surface area (Å²) >= 11 is 0. The van der Waals surface area contributed by atoms with Crippen LogP contribution in [-0.2, 0) is 16.3 Å². The summed E-state index contributed by atoms with van der Waals surface area (Å²) in [6, 6.07) is 11.3. The van der Waals surface area contributed by atoms with Gasteiger partial charge in [0.2, 0.25) is 0 Å². The molecule has 1 heterocycles. The van der Waals surface area contributed by atoms with Crippen LogP contribution in [0.4, 0.5) is 0 Å². The van der Waals surface area contributed by atoms with E-state index < -0.39 is 9.84 Å². The summed E-state index contributed by atoms with van der Waals surface area (Å²) in [5.41, 5.74) is 3.08. The molecule has 126 valence electrons. The lowest BCUT2D eigenvalue weighted by molar-refractivity contribution is 0.0785. The highest BCUT2D eigenvalue weighted by molar-refractivity contribution is 7.90. The number of aromatic nitrogens is 1. The Morgan fingerprint density at radius 2 is 2.00 bits per heavy atom. The van der Waals surface area contributed by atoms with Gasteiger partial charge < -0.3 is 4.90 Å². The lowest BCUT2D eigenvalue weighted by atomic mass is 10.0. The van der Waals surface area contributed by atoms with Crippen LogP contribution < -0.4 is 0 Å². The third-order valence-electron chi connectivity index (χ3n) is 4.46. The molecule has 5 nitrogen and oxygen atoms in total. The number of sulfone groups is 1. The van der Waals surface area contributed by atoms with Crippen molar-refractivity contribution in [2.45, 2.75) is 23.8 Å². The van der Waals surface area contributed by atoms with Gasteiger partial charge >= 0.3 is 0 Å². The average molecular weight is 344 g/mol. The van der Waals surface area contributed by atoms with E-state index in [4.69, 9.17) is 0 Å². The zero-order valence-electron chi connectivity index (χ0n) is 13.8. The Kier molecular flexibility index (Phi) is 4.41. The Morgan fingerprint density at radius 1 is 1.25 bits per heavy atom. The van der Waals surface area contributed by atoms with E-state index in [2.05, 4.69) is 17.1 Å². The number of fused-ring (bicyclic) bond motifs is 1. The molecule has 1 unspecified atom stereocenters. The van der Waals surface area contributed by atoms with Crippen LogP contribution in [0.25, 0.3) is 0 Å². The van der Waals surface area contributed by atoms with Gasteiger partial charge in [0.05, 0.1) is 5.56 Å². The van der Waals surface area contributed by atoms with Crippen LogP contribution in [0.15, 0.2) is 47.6 Å². The molecule has 1 aliphatic carbocycles. The van der Waals surface area contributed by atoms with Crippen LogP contribution in [-0.4, -0.2) is 44.1 Å². The number of rotatable bonds is 4. The molecule has 6 heteroatoms. The standard InChI is InChI=1S/C18H20N2O3S/c1-20(12-15-8-7-13-5-3-4-6-16(13)15)18(21)14-9-10-17(19-11-14)24(2,22)23/h3-6,9-11,15H,7-8,12H2,1-2H3. The number of likely N-dealkylation sites (N-methyl/N-ethyl adjacent to an activating group) is 1. The number of carbonyl (C=O) groups excluding carboxylic acids is 1. The minimum atomic E-state index is -3.35. The zero-order chi connectivity index (χ0) is 17.3. The predicted octanol–water partition coefficient (Wildman–Crippen LogP) is 2.29. The largest absolute Gasteiger partial charge is 0.341 e. The van der Waals surface area contributed by atoms with Crippen molar-refractivity contribution in [2.24, 2.45) is 0 Å². The maximum Gasteiger partial charge on any atom is 0.255 e. The number of hydrogen-bond donors (Lipinski definition) is 0. The molecular formula is C18H20N2O3S. The number of benzene rings is 1. The van der Waals surface area contributed by atoms with Crippen molar-refractivity contribution in [3.05, 3.63) is 59.3 Å². The second-order valence-corrected chi connectivity index (χ2v) is 8.24. The molecule has 1 amide bonds. The Hall–Kier alpha value is -2.21. The smallest absolute Gasteiger partial charge is 0.255 e. The fraction of sp³-hybridized carbons (Fsp3) is 0.333. The molecule has 0 fully saturated rings. The van der Waals surface area contributed by atoms with Crippen molar-refractivity contribution in [1.29, 1.82) is 0 Å². The fourth-order valence-corrected chi connectivity index (χ4v) is 3.75. The highest BCUT2D eigenvalue weighted by Gasteiger charge is 2.25. The van der Waals surface area contributed by atoms with Gasteiger partial charge in [0.25, 0.3) is 5.91 Å². The van der Waals surface area contributed by atoms with Gasteiger partial charge in [-0.1, -0.05) is 24.3 Å². The van der Waals surface area contributed by atoms with Gasteiger partial charge in [-0.05, 0) is 36.1 Å². The van der Waals surface area contributed by atoms with E-state index in [0.717, 1.165) is 19.1 Å². The molecule has 1 atom stereocenters. The van der Waals surface area contributed by atoms with Crippen molar-refractivity contribution in [2.75, 3.05) is 19.8 Å². The minimum Gasteiger partial charge on any atom is -0.341 e. The fourth-order valence-electron chi connectivity index (χ4n) is 3.20. The molecule has 0 radical (unpaired) electrons. The zero-order valence-corrected chi connectivity index (χ0v) is 14.6. The molecule has 0 N–H and O–H groups in total. The highest BCUT2D eigenvalue weighted by Crippen LogP contribution is 2.33. The predicted molar refractivity (Wildman–Crippen MR) is 91.8 cm³/mol. The number of aryl methyl sites for hydroxylation is 1. The average Bonchev–Trinajstić information content (AvgIpc) is 2.96.